The SMILES string of the molecule is Cc1cc(-c2ccc3c(=O)n(C)c4cc(C5CCOC5)nn4c3c2)cc(C)n1. The number of rotatable bonds is 2. The van der Waals surface area contributed by atoms with Gasteiger partial charge in [-0.1, -0.05) is 6.07 Å². The molecule has 1 saturated heterocycles. The van der Waals surface area contributed by atoms with Gasteiger partial charge in [0, 0.05) is 37.0 Å². The summed E-state index contributed by atoms with van der Waals surface area (Å²) in [5.41, 5.74) is 6.71. The van der Waals surface area contributed by atoms with Crippen molar-refractivity contribution in [2.75, 3.05) is 13.2 Å². The molecule has 1 aromatic carbocycles. The monoisotopic (exact) mass is 374 g/mol. The van der Waals surface area contributed by atoms with Crippen molar-refractivity contribution < 1.29 is 4.74 Å². The molecule has 1 unspecified atom stereocenters. The Kier molecular flexibility index (Phi) is 3.84. The van der Waals surface area contributed by atoms with Gasteiger partial charge in [-0.3, -0.25) is 14.3 Å². The second kappa shape index (κ2) is 6.27. The zero-order valence-electron chi connectivity index (χ0n) is 16.3. The van der Waals surface area contributed by atoms with E-state index >= 15 is 0 Å². The van der Waals surface area contributed by atoms with E-state index in [4.69, 9.17) is 9.84 Å². The van der Waals surface area contributed by atoms with E-state index in [-0.39, 0.29) is 5.56 Å². The second-order valence-electron chi connectivity index (χ2n) is 7.63. The van der Waals surface area contributed by atoms with Crippen LogP contribution in [0.2, 0.25) is 0 Å². The summed E-state index contributed by atoms with van der Waals surface area (Å²) in [6.45, 7) is 5.45. The molecule has 1 aliphatic heterocycles. The van der Waals surface area contributed by atoms with Crippen molar-refractivity contribution in [1.82, 2.24) is 19.2 Å². The van der Waals surface area contributed by atoms with Gasteiger partial charge in [-0.2, -0.15) is 5.10 Å². The average Bonchev–Trinajstić information content (AvgIpc) is 3.34. The van der Waals surface area contributed by atoms with Crippen molar-refractivity contribution in [2.45, 2.75) is 26.2 Å². The van der Waals surface area contributed by atoms with Gasteiger partial charge in [-0.15, -0.1) is 0 Å². The maximum absolute atomic E-state index is 12.9. The van der Waals surface area contributed by atoms with Crippen LogP contribution < -0.4 is 5.56 Å². The van der Waals surface area contributed by atoms with Crippen molar-refractivity contribution in [3.05, 3.63) is 63.8 Å². The van der Waals surface area contributed by atoms with E-state index < -0.39 is 0 Å². The lowest BCUT2D eigenvalue weighted by Gasteiger charge is -2.09. The van der Waals surface area contributed by atoms with Gasteiger partial charge in [0.1, 0.15) is 5.65 Å². The molecule has 6 heteroatoms. The van der Waals surface area contributed by atoms with Gasteiger partial charge in [-0.05, 0) is 55.7 Å². The summed E-state index contributed by atoms with van der Waals surface area (Å²) in [7, 11) is 1.80. The summed E-state index contributed by atoms with van der Waals surface area (Å²) < 4.78 is 9.10. The van der Waals surface area contributed by atoms with E-state index in [1.807, 2.05) is 36.6 Å². The van der Waals surface area contributed by atoms with Crippen LogP contribution in [0.5, 0.6) is 0 Å². The molecule has 0 aliphatic carbocycles. The Bertz CT molecular complexity index is 1260. The highest BCUT2D eigenvalue weighted by Gasteiger charge is 2.22. The van der Waals surface area contributed by atoms with Gasteiger partial charge in [-0.25, -0.2) is 4.52 Å². The molecule has 4 heterocycles. The molecular formula is C22H22N4O2. The van der Waals surface area contributed by atoms with Crippen molar-refractivity contribution in [3.8, 4) is 11.1 Å². The molecule has 6 nitrogen and oxygen atoms in total. The Morgan fingerprint density at radius 2 is 1.86 bits per heavy atom. The molecule has 5 rings (SSSR count). The molecule has 142 valence electrons. The zero-order chi connectivity index (χ0) is 19.4. The predicted molar refractivity (Wildman–Crippen MR) is 109 cm³/mol. The van der Waals surface area contributed by atoms with Crippen LogP contribution in [0.1, 0.15) is 29.4 Å². The van der Waals surface area contributed by atoms with Gasteiger partial charge in [0.05, 0.1) is 23.2 Å². The van der Waals surface area contributed by atoms with E-state index in [0.717, 1.165) is 52.4 Å². The summed E-state index contributed by atoms with van der Waals surface area (Å²) in [6.07, 6.45) is 0.969. The van der Waals surface area contributed by atoms with Gasteiger partial charge in [0.2, 0.25) is 0 Å². The van der Waals surface area contributed by atoms with Crippen LogP contribution in [0.25, 0.3) is 27.7 Å². The van der Waals surface area contributed by atoms with Crippen LogP contribution >= 0.6 is 0 Å². The number of benzene rings is 1. The summed E-state index contributed by atoms with van der Waals surface area (Å²) in [5, 5.41) is 5.52. The molecule has 0 spiro atoms. The Labute approximate surface area is 162 Å². The van der Waals surface area contributed by atoms with Crippen molar-refractivity contribution in [3.63, 3.8) is 0 Å². The van der Waals surface area contributed by atoms with Crippen LogP contribution in [-0.4, -0.2) is 32.4 Å². The first kappa shape index (κ1) is 17.1. The molecule has 0 amide bonds. The third-order valence-corrected chi connectivity index (χ3v) is 5.58. The van der Waals surface area contributed by atoms with Crippen molar-refractivity contribution in [2.24, 2.45) is 7.05 Å². The zero-order valence-corrected chi connectivity index (χ0v) is 16.3. The molecule has 1 aliphatic rings. The standard InChI is InChI=1S/C22H22N4O2/c1-13-8-17(9-14(2)23-13)15-4-5-18-20(10-15)26-21(25(3)22(18)27)11-19(24-26)16-6-7-28-12-16/h4-5,8-11,16H,6-7,12H2,1-3H3. The topological polar surface area (TPSA) is 61.4 Å². The minimum Gasteiger partial charge on any atom is -0.381 e. The number of aryl methyl sites for hydroxylation is 3. The molecular weight excluding hydrogens is 352 g/mol. The van der Waals surface area contributed by atoms with E-state index in [2.05, 4.69) is 23.2 Å². The number of pyridine rings is 1. The van der Waals surface area contributed by atoms with Crippen LogP contribution in [0.3, 0.4) is 0 Å². The third kappa shape index (κ3) is 2.64. The number of hydrogen-bond acceptors (Lipinski definition) is 4. The number of fused-ring (bicyclic) bond motifs is 3. The number of hydrogen-bond donors (Lipinski definition) is 0. The molecule has 1 fully saturated rings. The smallest absolute Gasteiger partial charge is 0.261 e. The maximum Gasteiger partial charge on any atom is 0.261 e. The fourth-order valence-corrected chi connectivity index (χ4v) is 4.13. The molecule has 0 bridgehead atoms. The molecule has 3 aromatic heterocycles. The van der Waals surface area contributed by atoms with Gasteiger partial charge in [0.25, 0.3) is 5.56 Å². The first-order valence-corrected chi connectivity index (χ1v) is 9.57. The molecule has 0 radical (unpaired) electrons. The lowest BCUT2D eigenvalue weighted by Crippen LogP contribution is -2.19. The highest BCUT2D eigenvalue weighted by Crippen LogP contribution is 2.28. The Hall–Kier alpha value is -2.99. The number of aromatic nitrogens is 4. The molecule has 28 heavy (non-hydrogen) atoms. The second-order valence-corrected chi connectivity index (χ2v) is 7.63. The first-order valence-electron chi connectivity index (χ1n) is 9.57. The lowest BCUT2D eigenvalue weighted by molar-refractivity contribution is 0.193. The van der Waals surface area contributed by atoms with Gasteiger partial charge >= 0.3 is 0 Å². The molecule has 0 saturated carbocycles. The van der Waals surface area contributed by atoms with Gasteiger partial charge < -0.3 is 4.74 Å². The number of nitrogens with zero attached hydrogens (tertiary/aromatic N) is 4. The Balaban J connectivity index is 1.78. The first-order chi connectivity index (χ1) is 13.5. The Morgan fingerprint density at radius 1 is 1.07 bits per heavy atom. The normalized spacial score (nSPS) is 17.0. The van der Waals surface area contributed by atoms with E-state index in [9.17, 15) is 4.79 Å². The number of ether oxygens (including phenoxy) is 1. The van der Waals surface area contributed by atoms with E-state index in [1.165, 1.54) is 0 Å². The molecule has 0 N–H and O–H groups in total. The quantitative estimate of drug-likeness (QED) is 0.540. The van der Waals surface area contributed by atoms with Crippen LogP contribution in [0.4, 0.5) is 0 Å². The minimum absolute atomic E-state index is 0.00902. The maximum atomic E-state index is 12.9. The predicted octanol–water partition coefficient (Wildman–Crippen LogP) is 3.37. The van der Waals surface area contributed by atoms with Crippen LogP contribution in [0.15, 0.2) is 41.2 Å². The van der Waals surface area contributed by atoms with E-state index in [1.54, 1.807) is 11.6 Å². The summed E-state index contributed by atoms with van der Waals surface area (Å²) in [5.74, 6) is 0.290. The summed E-state index contributed by atoms with van der Waals surface area (Å²) in [6, 6.07) is 12.1. The molecule has 1 atom stereocenters. The Morgan fingerprint density at radius 3 is 2.57 bits per heavy atom. The minimum atomic E-state index is -0.00902. The van der Waals surface area contributed by atoms with Crippen LogP contribution in [0, 0.1) is 13.8 Å². The third-order valence-electron chi connectivity index (χ3n) is 5.58. The summed E-state index contributed by atoms with van der Waals surface area (Å²) in [4.78, 5) is 17.4. The lowest BCUT2D eigenvalue weighted by atomic mass is 10.0. The molecule has 4 aromatic rings. The van der Waals surface area contributed by atoms with Crippen molar-refractivity contribution in [1.29, 1.82) is 0 Å². The van der Waals surface area contributed by atoms with Crippen molar-refractivity contribution >= 4 is 16.6 Å². The highest BCUT2D eigenvalue weighted by atomic mass is 16.5. The van der Waals surface area contributed by atoms with Crippen LogP contribution in [-0.2, 0) is 11.8 Å². The highest BCUT2D eigenvalue weighted by molar-refractivity contribution is 5.85. The fraction of sp³-hybridized carbons (Fsp3) is 0.318. The van der Waals surface area contributed by atoms with E-state index in [0.29, 0.717) is 17.9 Å². The average molecular weight is 374 g/mol. The largest absolute Gasteiger partial charge is 0.381 e. The fourth-order valence-electron chi connectivity index (χ4n) is 4.13. The van der Waals surface area contributed by atoms with Gasteiger partial charge in [0.15, 0.2) is 0 Å². The summed E-state index contributed by atoms with van der Waals surface area (Å²) >= 11 is 0.